The first-order valence-corrected chi connectivity index (χ1v) is 6.19. The number of hydrogen-bond acceptors (Lipinski definition) is 5. The Labute approximate surface area is 116 Å². The Morgan fingerprint density at radius 3 is 2.50 bits per heavy atom. The third-order valence-corrected chi connectivity index (χ3v) is 2.45. The van der Waals surface area contributed by atoms with Crippen molar-refractivity contribution in [3.05, 3.63) is 35.5 Å². The van der Waals surface area contributed by atoms with Crippen LogP contribution >= 0.6 is 0 Å². The van der Waals surface area contributed by atoms with Crippen LogP contribution in [0.5, 0.6) is 0 Å². The minimum Gasteiger partial charge on any atom is -0.507 e. The summed E-state index contributed by atoms with van der Waals surface area (Å²) in [6.07, 6.45) is 0.598. The predicted molar refractivity (Wildman–Crippen MR) is 72.2 cm³/mol. The summed E-state index contributed by atoms with van der Waals surface area (Å²) < 4.78 is 11.1. The highest BCUT2D eigenvalue weighted by Crippen LogP contribution is 2.17. The predicted octanol–water partition coefficient (Wildman–Crippen LogP) is 2.05. The molecule has 0 bridgehead atoms. The second kappa shape index (κ2) is 7.21. The molecule has 0 atom stereocenters. The number of aliphatic hydroxyl groups excluding tert-OH is 1. The Hall–Kier alpha value is -2.46. The Morgan fingerprint density at radius 1 is 1.30 bits per heavy atom. The molecular weight excluding hydrogens is 262 g/mol. The Bertz CT molecular complexity index is 564. The van der Waals surface area contributed by atoms with Crippen LogP contribution in [0.1, 0.15) is 30.0 Å². The average molecular weight is 279 g/mol. The van der Waals surface area contributed by atoms with E-state index in [-0.39, 0.29) is 24.6 Å². The first-order valence-electron chi connectivity index (χ1n) is 6.19. The minimum atomic E-state index is -0.692. The van der Waals surface area contributed by atoms with Crippen LogP contribution in [0, 0.1) is 6.92 Å². The van der Waals surface area contributed by atoms with Crippen LogP contribution in [0.25, 0.3) is 5.70 Å². The van der Waals surface area contributed by atoms with Crippen molar-refractivity contribution in [1.29, 1.82) is 0 Å². The Morgan fingerprint density at radius 2 is 1.95 bits per heavy atom. The van der Waals surface area contributed by atoms with Gasteiger partial charge in [0.1, 0.15) is 12.0 Å². The molecule has 0 fully saturated rings. The first-order chi connectivity index (χ1) is 9.56. The van der Waals surface area contributed by atoms with Gasteiger partial charge in [0.2, 0.25) is 0 Å². The number of aromatic nitrogens is 1. The van der Waals surface area contributed by atoms with Gasteiger partial charge in [-0.3, -0.25) is 4.57 Å². The number of carbonyl (C=O) groups excluding carboxylic acids is 2. The van der Waals surface area contributed by atoms with Gasteiger partial charge >= 0.3 is 11.9 Å². The molecule has 6 heteroatoms. The average Bonchev–Trinajstić information content (AvgIpc) is 2.78. The second-order valence-electron chi connectivity index (χ2n) is 3.76. The summed E-state index contributed by atoms with van der Waals surface area (Å²) in [6.45, 7) is 5.45. The van der Waals surface area contributed by atoms with Crippen molar-refractivity contribution in [3.8, 4) is 0 Å². The van der Waals surface area contributed by atoms with Crippen LogP contribution in [0.2, 0.25) is 0 Å². The van der Waals surface area contributed by atoms with Gasteiger partial charge in [-0.2, -0.15) is 0 Å². The summed E-state index contributed by atoms with van der Waals surface area (Å²) >= 11 is 0. The van der Waals surface area contributed by atoms with Crippen molar-refractivity contribution in [2.75, 3.05) is 13.2 Å². The molecule has 0 spiro atoms. The molecule has 0 amide bonds. The van der Waals surface area contributed by atoms with Crippen molar-refractivity contribution >= 4 is 17.6 Å². The van der Waals surface area contributed by atoms with Crippen LogP contribution < -0.4 is 0 Å². The van der Waals surface area contributed by atoms with Gasteiger partial charge in [0.05, 0.1) is 13.2 Å². The van der Waals surface area contributed by atoms with Crippen molar-refractivity contribution in [3.63, 3.8) is 0 Å². The van der Waals surface area contributed by atoms with E-state index in [1.165, 1.54) is 10.6 Å². The molecule has 1 aromatic heterocycles. The monoisotopic (exact) mass is 279 g/mol. The lowest BCUT2D eigenvalue weighted by atomic mass is 10.3. The van der Waals surface area contributed by atoms with E-state index in [2.05, 4.69) is 5.73 Å². The molecule has 0 unspecified atom stereocenters. The number of hydrogen-bond donors (Lipinski definition) is 1. The number of rotatable bonds is 5. The molecule has 0 saturated carbocycles. The maximum absolute atomic E-state index is 11.9. The largest absolute Gasteiger partial charge is 0.507 e. The summed E-state index contributed by atoms with van der Waals surface area (Å²) in [5, 5.41) is 8.88. The number of aryl methyl sites for hydroxylation is 1. The topological polar surface area (TPSA) is 77.8 Å². The van der Waals surface area contributed by atoms with E-state index in [0.717, 1.165) is 0 Å². The molecule has 0 aliphatic heterocycles. The lowest BCUT2D eigenvalue weighted by Gasteiger charge is -2.11. The number of carbonyl (C=O) groups is 2. The van der Waals surface area contributed by atoms with Crippen LogP contribution in [0.15, 0.2) is 24.1 Å². The van der Waals surface area contributed by atoms with Gasteiger partial charge in [0.15, 0.2) is 5.70 Å². The van der Waals surface area contributed by atoms with Gasteiger partial charge < -0.3 is 14.6 Å². The molecule has 108 valence electrons. The zero-order valence-corrected chi connectivity index (χ0v) is 11.7. The Balaban J connectivity index is 3.35. The number of nitrogens with zero attached hydrogens (tertiary/aromatic N) is 1. The maximum Gasteiger partial charge on any atom is 0.363 e. The van der Waals surface area contributed by atoms with Crippen molar-refractivity contribution in [2.45, 2.75) is 20.8 Å². The second-order valence-corrected chi connectivity index (χ2v) is 3.76. The number of esters is 2. The van der Waals surface area contributed by atoms with E-state index in [0.29, 0.717) is 12.0 Å². The molecule has 20 heavy (non-hydrogen) atoms. The smallest absolute Gasteiger partial charge is 0.363 e. The van der Waals surface area contributed by atoms with E-state index in [9.17, 15) is 9.59 Å². The van der Waals surface area contributed by atoms with Gasteiger partial charge in [-0.1, -0.05) is 0 Å². The fraction of sp³-hybridized carbons (Fsp3) is 0.357. The number of aliphatic hydroxyl groups is 1. The summed E-state index contributed by atoms with van der Waals surface area (Å²) in [5.41, 5.74) is 3.08. The fourth-order valence-electron chi connectivity index (χ4n) is 1.68. The van der Waals surface area contributed by atoms with Gasteiger partial charge in [-0.25, -0.2) is 9.59 Å². The molecule has 1 N–H and O–H groups in total. The fourth-order valence-corrected chi connectivity index (χ4v) is 1.68. The highest BCUT2D eigenvalue weighted by Gasteiger charge is 2.22. The normalized spacial score (nSPS) is 9.55. The summed E-state index contributed by atoms with van der Waals surface area (Å²) in [4.78, 5) is 23.7. The van der Waals surface area contributed by atoms with E-state index in [4.69, 9.17) is 14.6 Å². The summed E-state index contributed by atoms with van der Waals surface area (Å²) in [6, 6.07) is 3.19. The molecular formula is C14H17NO5. The lowest BCUT2D eigenvalue weighted by Crippen LogP contribution is -2.18. The quantitative estimate of drug-likeness (QED) is 0.386. The van der Waals surface area contributed by atoms with Crippen LogP contribution in [0.3, 0.4) is 0 Å². The highest BCUT2D eigenvalue weighted by atomic mass is 16.5. The lowest BCUT2D eigenvalue weighted by molar-refractivity contribution is -0.136. The molecule has 1 heterocycles. The third kappa shape index (κ3) is 3.30. The van der Waals surface area contributed by atoms with Gasteiger partial charge in [-0.05, 0) is 38.6 Å². The molecule has 1 aromatic rings. The molecule has 0 saturated heterocycles. The SMILES string of the molecule is CCOC(=O)C(=C=CO)n1c(C)ccc1C(=O)OCC. The van der Waals surface area contributed by atoms with E-state index in [1.807, 2.05) is 0 Å². The molecule has 0 radical (unpaired) electrons. The van der Waals surface area contributed by atoms with Gasteiger partial charge in [0, 0.05) is 5.69 Å². The van der Waals surface area contributed by atoms with Crippen LogP contribution in [-0.4, -0.2) is 34.8 Å². The standard InChI is InChI=1S/C14H17NO5/c1-4-19-13(17)11-7-6-10(3)15(11)12(8-9-16)14(18)20-5-2/h6-7,9,16H,4-5H2,1-3H3. The first kappa shape index (κ1) is 15.6. The molecule has 0 aromatic carbocycles. The van der Waals surface area contributed by atoms with E-state index in [1.54, 1.807) is 26.8 Å². The maximum atomic E-state index is 11.9. The van der Waals surface area contributed by atoms with Crippen LogP contribution in [0.4, 0.5) is 0 Å². The zero-order valence-electron chi connectivity index (χ0n) is 11.7. The van der Waals surface area contributed by atoms with Crippen molar-refractivity contribution < 1.29 is 24.2 Å². The van der Waals surface area contributed by atoms with E-state index >= 15 is 0 Å². The molecule has 1 rings (SSSR count). The van der Waals surface area contributed by atoms with Crippen molar-refractivity contribution in [1.82, 2.24) is 4.57 Å². The molecule has 0 aliphatic carbocycles. The molecule has 0 aliphatic rings. The summed E-state index contributed by atoms with van der Waals surface area (Å²) in [7, 11) is 0. The molecule has 6 nitrogen and oxygen atoms in total. The zero-order chi connectivity index (χ0) is 15.1. The third-order valence-electron chi connectivity index (χ3n) is 2.45. The number of ether oxygens (including phenoxy) is 2. The minimum absolute atomic E-state index is 0.0834. The van der Waals surface area contributed by atoms with Gasteiger partial charge in [0.25, 0.3) is 0 Å². The van der Waals surface area contributed by atoms with Gasteiger partial charge in [-0.15, -0.1) is 0 Å². The van der Waals surface area contributed by atoms with Crippen molar-refractivity contribution in [2.24, 2.45) is 0 Å². The van der Waals surface area contributed by atoms with Crippen LogP contribution in [-0.2, 0) is 14.3 Å². The Kier molecular flexibility index (Phi) is 5.62. The summed E-state index contributed by atoms with van der Waals surface area (Å²) in [5.74, 6) is -1.26. The van der Waals surface area contributed by atoms with E-state index < -0.39 is 11.9 Å². The highest BCUT2D eigenvalue weighted by molar-refractivity contribution is 6.11.